The highest BCUT2D eigenvalue weighted by atomic mass is 16.5. The Labute approximate surface area is 123 Å². The molecule has 0 spiro atoms. The molecule has 5 heteroatoms. The average Bonchev–Trinajstić information content (AvgIpc) is 3.15. The molecule has 0 radical (unpaired) electrons. The van der Waals surface area contributed by atoms with Gasteiger partial charge in [-0.25, -0.2) is 4.98 Å². The van der Waals surface area contributed by atoms with Gasteiger partial charge in [0.2, 0.25) is 0 Å². The third-order valence-corrected chi connectivity index (χ3v) is 3.88. The smallest absolute Gasteiger partial charge is 0.140 e. The predicted molar refractivity (Wildman–Crippen MR) is 79.9 cm³/mol. The minimum atomic E-state index is 0.689. The van der Waals surface area contributed by atoms with Crippen molar-refractivity contribution >= 4 is 11.0 Å². The Morgan fingerprint density at radius 3 is 3.10 bits per heavy atom. The van der Waals surface area contributed by atoms with Crippen molar-refractivity contribution in [2.45, 2.75) is 38.9 Å². The molecule has 1 N–H and O–H groups in total. The van der Waals surface area contributed by atoms with Crippen molar-refractivity contribution in [3.05, 3.63) is 47.6 Å². The minimum absolute atomic E-state index is 0.689. The van der Waals surface area contributed by atoms with Crippen LogP contribution in [0.1, 0.15) is 29.9 Å². The SMILES string of the molecule is Cc1cc(Cn2cc(CNC3CC3)c3cccnc32)no1. The summed E-state index contributed by atoms with van der Waals surface area (Å²) >= 11 is 0. The van der Waals surface area contributed by atoms with Crippen LogP contribution in [0.2, 0.25) is 0 Å². The Hall–Kier alpha value is -2.14. The van der Waals surface area contributed by atoms with Crippen molar-refractivity contribution in [2.24, 2.45) is 0 Å². The summed E-state index contributed by atoms with van der Waals surface area (Å²) in [5.74, 6) is 0.838. The second-order valence-electron chi connectivity index (χ2n) is 5.74. The highest BCUT2D eigenvalue weighted by Gasteiger charge is 2.21. The zero-order chi connectivity index (χ0) is 14.2. The Kier molecular flexibility index (Phi) is 3.00. The Morgan fingerprint density at radius 2 is 2.33 bits per heavy atom. The number of fused-ring (bicyclic) bond motifs is 1. The zero-order valence-corrected chi connectivity index (χ0v) is 12.0. The summed E-state index contributed by atoms with van der Waals surface area (Å²) in [6.07, 6.45) is 6.62. The summed E-state index contributed by atoms with van der Waals surface area (Å²) in [5, 5.41) is 8.86. The van der Waals surface area contributed by atoms with E-state index in [1.54, 1.807) is 0 Å². The maximum absolute atomic E-state index is 5.15. The van der Waals surface area contributed by atoms with Gasteiger partial charge in [-0.05, 0) is 37.5 Å². The van der Waals surface area contributed by atoms with Gasteiger partial charge in [0, 0.05) is 36.4 Å². The van der Waals surface area contributed by atoms with E-state index in [1.807, 2.05) is 25.3 Å². The van der Waals surface area contributed by atoms with E-state index in [4.69, 9.17) is 4.52 Å². The van der Waals surface area contributed by atoms with Gasteiger partial charge < -0.3 is 14.4 Å². The summed E-state index contributed by atoms with van der Waals surface area (Å²) < 4.78 is 7.30. The predicted octanol–water partition coefficient (Wildman–Crippen LogP) is 2.63. The van der Waals surface area contributed by atoms with Crippen LogP contribution in [0.5, 0.6) is 0 Å². The second kappa shape index (κ2) is 5.00. The van der Waals surface area contributed by atoms with Crippen LogP contribution in [-0.4, -0.2) is 20.7 Å². The van der Waals surface area contributed by atoms with E-state index in [-0.39, 0.29) is 0 Å². The molecular weight excluding hydrogens is 264 g/mol. The van der Waals surface area contributed by atoms with Crippen LogP contribution in [0.4, 0.5) is 0 Å². The molecule has 0 bridgehead atoms. The molecule has 0 atom stereocenters. The molecule has 3 heterocycles. The highest BCUT2D eigenvalue weighted by Crippen LogP contribution is 2.23. The molecular formula is C16H18N4O. The lowest BCUT2D eigenvalue weighted by molar-refractivity contribution is 0.389. The molecule has 1 saturated carbocycles. The van der Waals surface area contributed by atoms with Crippen LogP contribution in [0.15, 0.2) is 35.1 Å². The van der Waals surface area contributed by atoms with Crippen molar-refractivity contribution in [3.63, 3.8) is 0 Å². The monoisotopic (exact) mass is 282 g/mol. The van der Waals surface area contributed by atoms with E-state index >= 15 is 0 Å². The van der Waals surface area contributed by atoms with Crippen LogP contribution in [0.3, 0.4) is 0 Å². The summed E-state index contributed by atoms with van der Waals surface area (Å²) in [6, 6.07) is 6.81. The molecule has 4 rings (SSSR count). The average molecular weight is 282 g/mol. The lowest BCUT2D eigenvalue weighted by Crippen LogP contribution is -2.14. The van der Waals surface area contributed by atoms with Crippen LogP contribution in [-0.2, 0) is 13.1 Å². The minimum Gasteiger partial charge on any atom is -0.361 e. The van der Waals surface area contributed by atoms with Gasteiger partial charge in [-0.1, -0.05) is 5.16 Å². The van der Waals surface area contributed by atoms with Crippen molar-refractivity contribution in [3.8, 4) is 0 Å². The number of hydrogen-bond donors (Lipinski definition) is 1. The number of hydrogen-bond acceptors (Lipinski definition) is 4. The van der Waals surface area contributed by atoms with E-state index in [2.05, 4.69) is 32.3 Å². The highest BCUT2D eigenvalue weighted by molar-refractivity contribution is 5.80. The molecule has 0 unspecified atom stereocenters. The van der Waals surface area contributed by atoms with Gasteiger partial charge in [-0.2, -0.15) is 0 Å². The third-order valence-electron chi connectivity index (χ3n) is 3.88. The van der Waals surface area contributed by atoms with Crippen molar-refractivity contribution in [1.82, 2.24) is 20.0 Å². The number of nitrogens with one attached hydrogen (secondary N) is 1. The van der Waals surface area contributed by atoms with Crippen molar-refractivity contribution in [2.75, 3.05) is 0 Å². The Balaban J connectivity index is 1.66. The molecule has 0 amide bonds. The molecule has 1 fully saturated rings. The molecule has 21 heavy (non-hydrogen) atoms. The summed E-state index contributed by atoms with van der Waals surface area (Å²) in [4.78, 5) is 4.52. The van der Waals surface area contributed by atoms with Crippen LogP contribution in [0.25, 0.3) is 11.0 Å². The summed E-state index contributed by atoms with van der Waals surface area (Å²) in [7, 11) is 0. The van der Waals surface area contributed by atoms with Gasteiger partial charge >= 0.3 is 0 Å². The van der Waals surface area contributed by atoms with Gasteiger partial charge in [-0.15, -0.1) is 0 Å². The molecule has 108 valence electrons. The Bertz CT molecular complexity index is 770. The van der Waals surface area contributed by atoms with Crippen LogP contribution in [0, 0.1) is 6.92 Å². The van der Waals surface area contributed by atoms with Gasteiger partial charge in [0.15, 0.2) is 0 Å². The van der Waals surface area contributed by atoms with E-state index in [0.717, 1.165) is 23.6 Å². The first-order valence-electron chi connectivity index (χ1n) is 7.38. The van der Waals surface area contributed by atoms with Crippen LogP contribution < -0.4 is 5.32 Å². The standard InChI is InChI=1S/C16H18N4O/c1-11-7-14(19-21-11)10-20-9-12(8-18-13-4-5-13)15-3-2-6-17-16(15)20/h2-3,6-7,9,13,18H,4-5,8,10H2,1H3. The summed E-state index contributed by atoms with van der Waals surface area (Å²) in [5.41, 5.74) is 3.23. The van der Waals surface area contributed by atoms with Gasteiger partial charge in [0.25, 0.3) is 0 Å². The molecule has 5 nitrogen and oxygen atoms in total. The quantitative estimate of drug-likeness (QED) is 0.781. The first kappa shape index (κ1) is 12.6. The maximum atomic E-state index is 5.15. The van der Waals surface area contributed by atoms with E-state index in [1.165, 1.54) is 23.8 Å². The van der Waals surface area contributed by atoms with Crippen molar-refractivity contribution in [1.29, 1.82) is 0 Å². The lowest BCUT2D eigenvalue weighted by atomic mass is 10.2. The number of aromatic nitrogens is 3. The largest absolute Gasteiger partial charge is 0.361 e. The van der Waals surface area contributed by atoms with E-state index < -0.39 is 0 Å². The number of pyridine rings is 1. The van der Waals surface area contributed by atoms with E-state index in [0.29, 0.717) is 12.6 Å². The lowest BCUT2D eigenvalue weighted by Gasteiger charge is -2.00. The Morgan fingerprint density at radius 1 is 1.43 bits per heavy atom. The fourth-order valence-electron chi connectivity index (χ4n) is 2.67. The fraction of sp³-hybridized carbons (Fsp3) is 0.375. The molecule has 0 saturated heterocycles. The normalized spacial score (nSPS) is 14.9. The number of nitrogens with zero attached hydrogens (tertiary/aromatic N) is 3. The van der Waals surface area contributed by atoms with Gasteiger partial charge in [0.05, 0.1) is 6.54 Å². The number of rotatable bonds is 5. The van der Waals surface area contributed by atoms with Crippen LogP contribution >= 0.6 is 0 Å². The van der Waals surface area contributed by atoms with Gasteiger partial charge in [0.1, 0.15) is 17.1 Å². The third kappa shape index (κ3) is 2.56. The summed E-state index contributed by atoms with van der Waals surface area (Å²) in [6.45, 7) is 3.50. The molecule has 1 aliphatic carbocycles. The topological polar surface area (TPSA) is 55.9 Å². The molecule has 3 aromatic rings. The van der Waals surface area contributed by atoms with E-state index in [9.17, 15) is 0 Å². The molecule has 3 aromatic heterocycles. The zero-order valence-electron chi connectivity index (χ0n) is 12.0. The molecule has 1 aliphatic rings. The first-order valence-corrected chi connectivity index (χ1v) is 7.38. The fourth-order valence-corrected chi connectivity index (χ4v) is 2.67. The molecule has 0 aliphatic heterocycles. The first-order chi connectivity index (χ1) is 10.3. The molecule has 0 aromatic carbocycles. The maximum Gasteiger partial charge on any atom is 0.140 e. The van der Waals surface area contributed by atoms with Gasteiger partial charge in [-0.3, -0.25) is 0 Å². The number of aryl methyl sites for hydroxylation is 1. The van der Waals surface area contributed by atoms with Crippen molar-refractivity contribution < 1.29 is 4.52 Å². The second-order valence-corrected chi connectivity index (χ2v) is 5.74.